The molecule has 2 aromatic rings. The molecule has 1 fully saturated rings. The van der Waals surface area contributed by atoms with Crippen LogP contribution < -0.4 is 0 Å². The molecule has 1 aliphatic heterocycles. The van der Waals surface area contributed by atoms with Crippen LogP contribution in [-0.4, -0.2) is 33.6 Å². The lowest BCUT2D eigenvalue weighted by atomic mass is 10.1. The largest absolute Gasteiger partial charge is 0.336 e. The van der Waals surface area contributed by atoms with Crippen LogP contribution in [0, 0.1) is 0 Å². The molecule has 1 aliphatic rings. The molecule has 3 nitrogen and oxygen atoms in total. The van der Waals surface area contributed by atoms with Gasteiger partial charge in [-0.3, -0.25) is 4.90 Å². The van der Waals surface area contributed by atoms with Gasteiger partial charge in [0.1, 0.15) is 0 Å². The van der Waals surface area contributed by atoms with Crippen molar-refractivity contribution in [2.45, 2.75) is 31.8 Å². The maximum Gasteiger partial charge on any atom is 0.0946 e. The van der Waals surface area contributed by atoms with Crippen molar-refractivity contribution in [2.24, 2.45) is 0 Å². The molecule has 0 N–H and O–H groups in total. The summed E-state index contributed by atoms with van der Waals surface area (Å²) in [6.07, 6.45) is 9.51. The highest BCUT2D eigenvalue weighted by Crippen LogP contribution is 2.19. The zero-order chi connectivity index (χ0) is 13.8. The number of hydrogen-bond acceptors (Lipinski definition) is 2. The van der Waals surface area contributed by atoms with Crippen molar-refractivity contribution >= 4 is 11.6 Å². The molecule has 0 radical (unpaired) electrons. The Balaban J connectivity index is 1.54. The Morgan fingerprint density at radius 2 is 2.10 bits per heavy atom. The third-order valence-corrected chi connectivity index (χ3v) is 4.33. The van der Waals surface area contributed by atoms with Crippen LogP contribution in [0.25, 0.3) is 0 Å². The Morgan fingerprint density at radius 1 is 1.25 bits per heavy atom. The number of likely N-dealkylation sites (tertiary alicyclic amines) is 1. The summed E-state index contributed by atoms with van der Waals surface area (Å²) in [5.74, 6) is 0. The van der Waals surface area contributed by atoms with Crippen molar-refractivity contribution in [1.29, 1.82) is 0 Å². The summed E-state index contributed by atoms with van der Waals surface area (Å²) < 4.78 is 2.19. The van der Waals surface area contributed by atoms with Crippen molar-refractivity contribution in [3.05, 3.63) is 53.6 Å². The Morgan fingerprint density at radius 3 is 2.85 bits per heavy atom. The molecule has 1 saturated heterocycles. The van der Waals surface area contributed by atoms with Gasteiger partial charge >= 0.3 is 0 Å². The second-order valence-corrected chi connectivity index (χ2v) is 5.90. The predicted octanol–water partition coefficient (Wildman–Crippen LogP) is 3.24. The average molecular weight is 290 g/mol. The molecule has 4 heteroatoms. The summed E-state index contributed by atoms with van der Waals surface area (Å²) in [5, 5.41) is 0.813. The first-order valence-electron chi connectivity index (χ1n) is 7.25. The van der Waals surface area contributed by atoms with Crippen LogP contribution in [-0.2, 0) is 13.0 Å². The number of nitrogens with zero attached hydrogens (tertiary/aromatic N) is 3. The Labute approximate surface area is 125 Å². The van der Waals surface area contributed by atoms with E-state index in [0.29, 0.717) is 6.04 Å². The third-order valence-electron chi connectivity index (χ3n) is 4.08. The Bertz CT molecular complexity index is 521. The van der Waals surface area contributed by atoms with Gasteiger partial charge in [-0.05, 0) is 43.5 Å². The van der Waals surface area contributed by atoms with Crippen molar-refractivity contribution in [2.75, 3.05) is 13.1 Å². The van der Waals surface area contributed by atoms with Gasteiger partial charge < -0.3 is 4.57 Å². The molecule has 0 bridgehead atoms. The van der Waals surface area contributed by atoms with Crippen LogP contribution in [0.15, 0.2) is 43.0 Å². The van der Waals surface area contributed by atoms with E-state index in [4.69, 9.17) is 11.6 Å². The van der Waals surface area contributed by atoms with Gasteiger partial charge in [0.25, 0.3) is 0 Å². The smallest absolute Gasteiger partial charge is 0.0946 e. The summed E-state index contributed by atoms with van der Waals surface area (Å²) in [6.45, 7) is 3.40. The fourth-order valence-electron chi connectivity index (χ4n) is 2.96. The number of aromatic nitrogens is 2. The molecular formula is C16H20ClN3. The zero-order valence-corrected chi connectivity index (χ0v) is 12.3. The molecule has 0 amide bonds. The van der Waals surface area contributed by atoms with Crippen LogP contribution >= 0.6 is 11.6 Å². The van der Waals surface area contributed by atoms with Crippen LogP contribution in [0.2, 0.25) is 5.02 Å². The minimum absolute atomic E-state index is 0.650. The quantitative estimate of drug-likeness (QED) is 0.842. The second kappa shape index (κ2) is 6.42. The molecule has 0 saturated carbocycles. The van der Waals surface area contributed by atoms with E-state index >= 15 is 0 Å². The summed E-state index contributed by atoms with van der Waals surface area (Å²) in [4.78, 5) is 6.73. The standard InChI is InChI=1S/C16H20ClN3/c17-15-5-3-14(4-6-15)7-10-20-9-1-2-16(20)12-19-11-8-18-13-19/h3-6,8,11,13,16H,1-2,7,9-10,12H2. The topological polar surface area (TPSA) is 21.1 Å². The number of rotatable bonds is 5. The van der Waals surface area contributed by atoms with E-state index in [1.54, 1.807) is 0 Å². The number of halogens is 1. The van der Waals surface area contributed by atoms with E-state index in [9.17, 15) is 0 Å². The van der Waals surface area contributed by atoms with Gasteiger partial charge in [0.05, 0.1) is 6.33 Å². The highest BCUT2D eigenvalue weighted by molar-refractivity contribution is 6.30. The predicted molar refractivity (Wildman–Crippen MR) is 82.0 cm³/mol. The Hall–Kier alpha value is -1.32. The highest BCUT2D eigenvalue weighted by Gasteiger charge is 2.24. The van der Waals surface area contributed by atoms with Gasteiger partial charge in [-0.2, -0.15) is 0 Å². The van der Waals surface area contributed by atoms with Gasteiger partial charge in [-0.25, -0.2) is 4.98 Å². The van der Waals surface area contributed by atoms with E-state index < -0.39 is 0 Å². The lowest BCUT2D eigenvalue weighted by Gasteiger charge is -2.24. The number of hydrogen-bond donors (Lipinski definition) is 0. The van der Waals surface area contributed by atoms with Gasteiger partial charge in [0.15, 0.2) is 0 Å². The lowest BCUT2D eigenvalue weighted by molar-refractivity contribution is 0.235. The SMILES string of the molecule is Clc1ccc(CCN2CCCC2Cn2ccnc2)cc1. The molecule has 3 rings (SSSR count). The fraction of sp³-hybridized carbons (Fsp3) is 0.438. The first kappa shape index (κ1) is 13.7. The normalized spacial score (nSPS) is 19.6. The summed E-state index contributed by atoms with van der Waals surface area (Å²) in [7, 11) is 0. The van der Waals surface area contributed by atoms with Gasteiger partial charge in [0, 0.05) is 36.5 Å². The van der Waals surface area contributed by atoms with Gasteiger partial charge in [-0.1, -0.05) is 23.7 Å². The molecular weight excluding hydrogens is 270 g/mol. The third kappa shape index (κ3) is 3.41. The van der Waals surface area contributed by atoms with Crippen LogP contribution in [0.3, 0.4) is 0 Å². The van der Waals surface area contributed by atoms with E-state index in [0.717, 1.165) is 24.5 Å². The minimum atomic E-state index is 0.650. The number of benzene rings is 1. The van der Waals surface area contributed by atoms with Crippen molar-refractivity contribution in [1.82, 2.24) is 14.5 Å². The second-order valence-electron chi connectivity index (χ2n) is 5.47. The summed E-state index contributed by atoms with van der Waals surface area (Å²) in [5.41, 5.74) is 1.36. The van der Waals surface area contributed by atoms with E-state index in [1.807, 2.05) is 24.7 Å². The molecule has 2 heterocycles. The summed E-state index contributed by atoms with van der Waals surface area (Å²) >= 11 is 5.92. The first-order chi connectivity index (χ1) is 9.81. The van der Waals surface area contributed by atoms with Crippen molar-refractivity contribution < 1.29 is 0 Å². The average Bonchev–Trinajstić information content (AvgIpc) is 3.11. The molecule has 106 valence electrons. The molecule has 20 heavy (non-hydrogen) atoms. The first-order valence-corrected chi connectivity index (χ1v) is 7.63. The molecule has 0 spiro atoms. The lowest BCUT2D eigenvalue weighted by Crippen LogP contribution is -2.34. The number of imidazole rings is 1. The van der Waals surface area contributed by atoms with E-state index in [-0.39, 0.29) is 0 Å². The maximum atomic E-state index is 5.92. The van der Waals surface area contributed by atoms with Gasteiger partial charge in [0.2, 0.25) is 0 Å². The van der Waals surface area contributed by atoms with E-state index in [2.05, 4.69) is 32.8 Å². The van der Waals surface area contributed by atoms with Gasteiger partial charge in [-0.15, -0.1) is 0 Å². The van der Waals surface area contributed by atoms with Crippen LogP contribution in [0.1, 0.15) is 18.4 Å². The Kier molecular flexibility index (Phi) is 4.38. The monoisotopic (exact) mass is 289 g/mol. The molecule has 1 atom stereocenters. The molecule has 1 aromatic carbocycles. The molecule has 1 aromatic heterocycles. The van der Waals surface area contributed by atoms with Crippen LogP contribution in [0.4, 0.5) is 0 Å². The maximum absolute atomic E-state index is 5.92. The minimum Gasteiger partial charge on any atom is -0.336 e. The fourth-order valence-corrected chi connectivity index (χ4v) is 3.08. The van der Waals surface area contributed by atoms with E-state index in [1.165, 1.54) is 24.9 Å². The highest BCUT2D eigenvalue weighted by atomic mass is 35.5. The zero-order valence-electron chi connectivity index (χ0n) is 11.6. The molecule has 0 aliphatic carbocycles. The van der Waals surface area contributed by atoms with Crippen molar-refractivity contribution in [3.63, 3.8) is 0 Å². The van der Waals surface area contributed by atoms with Crippen molar-refractivity contribution in [3.8, 4) is 0 Å². The summed E-state index contributed by atoms with van der Waals surface area (Å²) in [6, 6.07) is 8.86. The van der Waals surface area contributed by atoms with Crippen LogP contribution in [0.5, 0.6) is 0 Å². The molecule has 1 unspecified atom stereocenters.